The molecule has 1 unspecified atom stereocenters. The summed E-state index contributed by atoms with van der Waals surface area (Å²) in [5.74, 6) is -3.10. The van der Waals surface area contributed by atoms with Crippen molar-refractivity contribution in [1.82, 2.24) is 0 Å². The number of ether oxygens (including phenoxy) is 1. The van der Waals surface area contributed by atoms with Crippen LogP contribution in [0.5, 0.6) is 5.75 Å². The largest absolute Gasteiger partial charge is 0.507 e. The minimum atomic E-state index is -1.32. The fourth-order valence-electron chi connectivity index (χ4n) is 3.29. The van der Waals surface area contributed by atoms with Crippen molar-refractivity contribution in [1.29, 1.82) is 0 Å². The summed E-state index contributed by atoms with van der Waals surface area (Å²) in [4.78, 5) is 24.4. The van der Waals surface area contributed by atoms with Crippen LogP contribution in [0, 0.1) is 5.92 Å². The number of carboxylic acid groups (broad SMARTS) is 1. The third kappa shape index (κ3) is 5.85. The number of carbonyl (C=O) groups is 2. The summed E-state index contributed by atoms with van der Waals surface area (Å²) >= 11 is 0. The molecule has 0 amide bonds. The maximum absolute atomic E-state index is 12.5. The van der Waals surface area contributed by atoms with E-state index < -0.39 is 17.9 Å². The molecule has 0 heterocycles. The molecular formula is C25H32O5. The summed E-state index contributed by atoms with van der Waals surface area (Å²) in [5, 5.41) is 20.5. The van der Waals surface area contributed by atoms with Gasteiger partial charge in [-0.2, -0.15) is 0 Å². The van der Waals surface area contributed by atoms with Gasteiger partial charge in [-0.15, -0.1) is 0 Å². The summed E-state index contributed by atoms with van der Waals surface area (Å²) in [5.41, 5.74) is 2.26. The highest BCUT2D eigenvalue weighted by Gasteiger charge is 2.31. The second kappa shape index (κ2) is 8.90. The topological polar surface area (TPSA) is 83.8 Å². The number of carbonyl (C=O) groups excluding carboxylic acids is 1. The van der Waals surface area contributed by atoms with Crippen LogP contribution in [0.2, 0.25) is 0 Å². The Hall–Kier alpha value is -2.82. The zero-order valence-electron chi connectivity index (χ0n) is 18.7. The monoisotopic (exact) mass is 412 g/mol. The van der Waals surface area contributed by atoms with Crippen LogP contribution in [0.3, 0.4) is 0 Å². The van der Waals surface area contributed by atoms with Crippen LogP contribution >= 0.6 is 0 Å². The lowest BCUT2D eigenvalue weighted by Crippen LogP contribution is -2.28. The number of hydrogen-bond donors (Lipinski definition) is 2. The van der Waals surface area contributed by atoms with Crippen LogP contribution in [0.15, 0.2) is 42.5 Å². The van der Waals surface area contributed by atoms with E-state index in [1.54, 1.807) is 12.1 Å². The molecule has 2 aromatic carbocycles. The van der Waals surface area contributed by atoms with Gasteiger partial charge in [-0.25, -0.2) is 0 Å². The molecule has 0 saturated carbocycles. The Bertz CT molecular complexity index is 866. The van der Waals surface area contributed by atoms with E-state index in [4.69, 9.17) is 4.74 Å². The molecule has 5 nitrogen and oxygen atoms in total. The highest BCUT2D eigenvalue weighted by atomic mass is 16.5. The molecule has 0 aliphatic heterocycles. The van der Waals surface area contributed by atoms with Crippen LogP contribution < -0.4 is 0 Å². The van der Waals surface area contributed by atoms with E-state index in [1.807, 2.05) is 71.9 Å². The lowest BCUT2D eigenvalue weighted by Gasteiger charge is -2.28. The van der Waals surface area contributed by atoms with Gasteiger partial charge in [-0.05, 0) is 39.5 Å². The second-order valence-corrected chi connectivity index (χ2v) is 9.73. The molecule has 0 spiro atoms. The predicted octanol–water partition coefficient (Wildman–Crippen LogP) is 4.97. The van der Waals surface area contributed by atoms with E-state index in [2.05, 4.69) is 0 Å². The van der Waals surface area contributed by atoms with Gasteiger partial charge < -0.3 is 14.9 Å². The SMILES string of the molecule is CC(C)(C)c1cc(CC(C(=O)O)C(=O)OCc2ccccc2)cc(C(C)(C)C)c1O. The minimum absolute atomic E-state index is 0.00457. The third-order valence-electron chi connectivity index (χ3n) is 5.03. The first-order valence-electron chi connectivity index (χ1n) is 10.1. The van der Waals surface area contributed by atoms with Crippen LogP contribution in [0.25, 0.3) is 0 Å². The molecule has 0 saturated heterocycles. The minimum Gasteiger partial charge on any atom is -0.507 e. The highest BCUT2D eigenvalue weighted by molar-refractivity contribution is 5.94. The van der Waals surface area contributed by atoms with Crippen molar-refractivity contribution in [3.05, 3.63) is 64.7 Å². The number of esters is 1. The molecule has 162 valence electrons. The highest BCUT2D eigenvalue weighted by Crippen LogP contribution is 2.40. The molecule has 0 aliphatic rings. The molecule has 2 aromatic rings. The van der Waals surface area contributed by atoms with E-state index in [1.165, 1.54) is 0 Å². The molecular weight excluding hydrogens is 380 g/mol. The van der Waals surface area contributed by atoms with Crippen molar-refractivity contribution in [2.75, 3.05) is 0 Å². The fourth-order valence-corrected chi connectivity index (χ4v) is 3.29. The molecule has 30 heavy (non-hydrogen) atoms. The number of phenolic OH excluding ortho intramolecular Hbond substituents is 1. The normalized spacial score (nSPS) is 13.0. The van der Waals surface area contributed by atoms with Gasteiger partial charge in [0.15, 0.2) is 5.92 Å². The van der Waals surface area contributed by atoms with E-state index in [9.17, 15) is 19.8 Å². The van der Waals surface area contributed by atoms with Crippen molar-refractivity contribution in [2.45, 2.75) is 65.4 Å². The number of aliphatic carboxylic acids is 1. The first-order chi connectivity index (χ1) is 13.8. The van der Waals surface area contributed by atoms with E-state index >= 15 is 0 Å². The predicted molar refractivity (Wildman–Crippen MR) is 117 cm³/mol. The number of carboxylic acids is 1. The van der Waals surface area contributed by atoms with Gasteiger partial charge in [0.25, 0.3) is 0 Å². The first kappa shape index (κ1) is 23.5. The molecule has 0 aliphatic carbocycles. The van der Waals surface area contributed by atoms with Crippen LogP contribution in [0.4, 0.5) is 0 Å². The molecule has 0 radical (unpaired) electrons. The Labute approximate surface area is 178 Å². The number of rotatable bonds is 6. The Morgan fingerprint density at radius 2 is 1.40 bits per heavy atom. The molecule has 1 atom stereocenters. The van der Waals surface area contributed by atoms with Gasteiger partial charge in [0, 0.05) is 0 Å². The van der Waals surface area contributed by atoms with Crippen molar-refractivity contribution < 1.29 is 24.5 Å². The van der Waals surface area contributed by atoms with E-state index in [0.29, 0.717) is 5.56 Å². The van der Waals surface area contributed by atoms with Crippen molar-refractivity contribution in [3.63, 3.8) is 0 Å². The molecule has 2 N–H and O–H groups in total. The lowest BCUT2D eigenvalue weighted by atomic mass is 9.77. The number of benzene rings is 2. The van der Waals surface area contributed by atoms with E-state index in [-0.39, 0.29) is 29.6 Å². The van der Waals surface area contributed by atoms with Crippen molar-refractivity contribution >= 4 is 11.9 Å². The van der Waals surface area contributed by atoms with Crippen molar-refractivity contribution in [2.24, 2.45) is 5.92 Å². The quantitative estimate of drug-likeness (QED) is 0.517. The zero-order chi connectivity index (χ0) is 22.7. The second-order valence-electron chi connectivity index (χ2n) is 9.73. The average Bonchev–Trinajstić information content (AvgIpc) is 2.63. The Balaban J connectivity index is 2.34. The van der Waals surface area contributed by atoms with Gasteiger partial charge in [-0.3, -0.25) is 9.59 Å². The summed E-state index contributed by atoms with van der Waals surface area (Å²) in [6.07, 6.45) is -0.00457. The van der Waals surface area contributed by atoms with Crippen LogP contribution in [-0.4, -0.2) is 22.2 Å². The number of aromatic hydroxyl groups is 1. The Morgan fingerprint density at radius 1 is 0.900 bits per heavy atom. The summed E-state index contributed by atoms with van der Waals surface area (Å²) in [6.45, 7) is 12.0. The molecule has 2 rings (SSSR count). The summed E-state index contributed by atoms with van der Waals surface area (Å²) in [7, 11) is 0. The number of hydrogen-bond acceptors (Lipinski definition) is 4. The smallest absolute Gasteiger partial charge is 0.320 e. The standard InChI is InChI=1S/C25H32O5/c1-24(2,3)19-13-17(14-20(21(19)26)25(4,5)6)12-18(22(27)28)23(29)30-15-16-10-8-7-9-11-16/h7-11,13-14,18,26H,12,15H2,1-6H3,(H,27,28). The zero-order valence-corrected chi connectivity index (χ0v) is 18.7. The van der Waals surface area contributed by atoms with Gasteiger partial charge in [0.1, 0.15) is 12.4 Å². The Kier molecular flexibility index (Phi) is 6.96. The van der Waals surface area contributed by atoms with E-state index in [0.717, 1.165) is 16.7 Å². The summed E-state index contributed by atoms with van der Waals surface area (Å²) in [6, 6.07) is 12.7. The summed E-state index contributed by atoms with van der Waals surface area (Å²) < 4.78 is 5.27. The maximum Gasteiger partial charge on any atom is 0.320 e. The van der Waals surface area contributed by atoms with Crippen LogP contribution in [0.1, 0.15) is 63.8 Å². The Morgan fingerprint density at radius 3 is 1.83 bits per heavy atom. The fraction of sp³-hybridized carbons (Fsp3) is 0.440. The molecule has 0 aromatic heterocycles. The molecule has 0 fully saturated rings. The molecule has 0 bridgehead atoms. The van der Waals surface area contributed by atoms with Gasteiger partial charge >= 0.3 is 11.9 Å². The average molecular weight is 413 g/mol. The van der Waals surface area contributed by atoms with Crippen LogP contribution in [-0.2, 0) is 38.2 Å². The van der Waals surface area contributed by atoms with Gasteiger partial charge in [0.05, 0.1) is 0 Å². The van der Waals surface area contributed by atoms with Gasteiger partial charge in [0.2, 0.25) is 0 Å². The molecule has 5 heteroatoms. The van der Waals surface area contributed by atoms with Gasteiger partial charge in [-0.1, -0.05) is 84.0 Å². The third-order valence-corrected chi connectivity index (χ3v) is 5.03. The number of phenols is 1. The lowest BCUT2D eigenvalue weighted by molar-refractivity contribution is -0.159. The maximum atomic E-state index is 12.5. The van der Waals surface area contributed by atoms with Crippen molar-refractivity contribution in [3.8, 4) is 5.75 Å². The first-order valence-corrected chi connectivity index (χ1v) is 10.1.